The van der Waals surface area contributed by atoms with E-state index in [1.807, 2.05) is 32.0 Å². The number of hydrogen-bond acceptors (Lipinski definition) is 3. The Balaban J connectivity index is 2.66. The average Bonchev–Trinajstić information content (AvgIpc) is 2.56. The first-order valence-electron chi connectivity index (χ1n) is 4.96. The van der Waals surface area contributed by atoms with Crippen molar-refractivity contribution in [3.8, 4) is 5.75 Å². The molecule has 0 bridgehead atoms. The van der Waals surface area contributed by atoms with E-state index < -0.39 is 0 Å². The van der Waals surface area contributed by atoms with E-state index in [4.69, 9.17) is 14.9 Å². The number of hydrogen-bond donors (Lipinski definition) is 1. The van der Waals surface area contributed by atoms with Crippen LogP contribution in [0, 0.1) is 6.92 Å². The van der Waals surface area contributed by atoms with Crippen molar-refractivity contribution >= 4 is 11.0 Å². The number of rotatable bonds is 2. The van der Waals surface area contributed by atoms with Crippen LogP contribution >= 0.6 is 0 Å². The van der Waals surface area contributed by atoms with Crippen molar-refractivity contribution in [2.45, 2.75) is 19.9 Å². The van der Waals surface area contributed by atoms with E-state index in [-0.39, 0.29) is 6.04 Å². The number of ether oxygens (including phenoxy) is 1. The van der Waals surface area contributed by atoms with E-state index in [1.165, 1.54) is 0 Å². The minimum atomic E-state index is -0.0802. The summed E-state index contributed by atoms with van der Waals surface area (Å²) in [6, 6.07) is 5.69. The molecule has 0 aliphatic rings. The maximum Gasteiger partial charge on any atom is 0.134 e. The van der Waals surface area contributed by atoms with Gasteiger partial charge in [0.15, 0.2) is 0 Å². The maximum atomic E-state index is 5.82. The molecule has 15 heavy (non-hydrogen) atoms. The number of aryl methyl sites for hydroxylation is 1. The molecule has 0 fully saturated rings. The van der Waals surface area contributed by atoms with E-state index in [1.54, 1.807) is 7.11 Å². The van der Waals surface area contributed by atoms with Crippen LogP contribution < -0.4 is 10.5 Å². The van der Waals surface area contributed by atoms with Crippen molar-refractivity contribution in [2.75, 3.05) is 7.11 Å². The topological polar surface area (TPSA) is 48.4 Å². The van der Waals surface area contributed by atoms with Crippen molar-refractivity contribution in [3.63, 3.8) is 0 Å². The lowest BCUT2D eigenvalue weighted by molar-refractivity contribution is 0.415. The molecule has 0 aliphatic heterocycles. The van der Waals surface area contributed by atoms with E-state index in [2.05, 4.69) is 0 Å². The molecule has 1 aromatic heterocycles. The molecule has 3 nitrogen and oxygen atoms in total. The standard InChI is InChI=1S/C12H15NO2/c1-7-10-6-9(14-3)4-5-11(10)15-12(7)8(2)13/h4-6,8H,13H2,1-3H3/t8-/m0/s1. The average molecular weight is 205 g/mol. The van der Waals surface area contributed by atoms with E-state index in [0.717, 1.165) is 28.0 Å². The summed E-state index contributed by atoms with van der Waals surface area (Å²) in [4.78, 5) is 0. The molecule has 0 unspecified atom stereocenters. The second-order valence-electron chi connectivity index (χ2n) is 3.74. The van der Waals surface area contributed by atoms with Crippen LogP contribution in [-0.4, -0.2) is 7.11 Å². The molecule has 2 aromatic rings. The van der Waals surface area contributed by atoms with Gasteiger partial charge in [-0.15, -0.1) is 0 Å². The van der Waals surface area contributed by atoms with Gasteiger partial charge in [-0.2, -0.15) is 0 Å². The van der Waals surface area contributed by atoms with E-state index >= 15 is 0 Å². The van der Waals surface area contributed by atoms with Crippen LogP contribution in [0.2, 0.25) is 0 Å². The van der Waals surface area contributed by atoms with Gasteiger partial charge >= 0.3 is 0 Å². The number of fused-ring (bicyclic) bond motifs is 1. The first kappa shape index (κ1) is 10.1. The Morgan fingerprint density at radius 2 is 2.13 bits per heavy atom. The zero-order valence-corrected chi connectivity index (χ0v) is 9.20. The summed E-state index contributed by atoms with van der Waals surface area (Å²) in [5.74, 6) is 1.68. The third-order valence-electron chi connectivity index (χ3n) is 2.59. The highest BCUT2D eigenvalue weighted by atomic mass is 16.5. The van der Waals surface area contributed by atoms with Gasteiger partial charge in [-0.1, -0.05) is 0 Å². The van der Waals surface area contributed by atoms with Crippen molar-refractivity contribution < 1.29 is 9.15 Å². The summed E-state index contributed by atoms with van der Waals surface area (Å²) in [7, 11) is 1.66. The molecule has 0 aliphatic carbocycles. The smallest absolute Gasteiger partial charge is 0.134 e. The van der Waals surface area contributed by atoms with Crippen molar-refractivity contribution in [2.24, 2.45) is 5.73 Å². The second-order valence-corrected chi connectivity index (χ2v) is 3.74. The third kappa shape index (κ3) is 1.59. The molecule has 0 spiro atoms. The van der Waals surface area contributed by atoms with E-state index in [9.17, 15) is 0 Å². The van der Waals surface area contributed by atoms with Crippen molar-refractivity contribution in [1.82, 2.24) is 0 Å². The minimum absolute atomic E-state index is 0.0802. The second kappa shape index (κ2) is 3.59. The van der Waals surface area contributed by atoms with Crippen LogP contribution in [-0.2, 0) is 0 Å². The molecule has 2 rings (SSSR count). The highest BCUT2D eigenvalue weighted by Crippen LogP contribution is 2.30. The van der Waals surface area contributed by atoms with Gasteiger partial charge in [-0.3, -0.25) is 0 Å². The van der Waals surface area contributed by atoms with Gasteiger partial charge in [0.05, 0.1) is 13.2 Å². The number of methoxy groups -OCH3 is 1. The maximum absolute atomic E-state index is 5.82. The molecule has 0 saturated heterocycles. The molecular weight excluding hydrogens is 190 g/mol. The van der Waals surface area contributed by atoms with Crippen LogP contribution in [0.4, 0.5) is 0 Å². The van der Waals surface area contributed by atoms with Crippen LogP contribution in [0.15, 0.2) is 22.6 Å². The molecule has 0 saturated carbocycles. The summed E-state index contributed by atoms with van der Waals surface area (Å²) in [6.45, 7) is 3.94. The van der Waals surface area contributed by atoms with Crippen LogP contribution in [0.3, 0.4) is 0 Å². The van der Waals surface area contributed by atoms with Gasteiger partial charge in [-0.05, 0) is 32.0 Å². The number of nitrogens with two attached hydrogens (primary N) is 1. The Bertz CT molecular complexity index is 486. The molecule has 1 heterocycles. The van der Waals surface area contributed by atoms with Gasteiger partial charge in [0.25, 0.3) is 0 Å². The lowest BCUT2D eigenvalue weighted by atomic mass is 10.1. The summed E-state index contributed by atoms with van der Waals surface area (Å²) in [6.07, 6.45) is 0. The van der Waals surface area contributed by atoms with Crippen LogP contribution in [0.1, 0.15) is 24.3 Å². The third-order valence-corrected chi connectivity index (χ3v) is 2.59. The molecule has 0 amide bonds. The summed E-state index contributed by atoms with van der Waals surface area (Å²) in [5, 5.41) is 1.07. The minimum Gasteiger partial charge on any atom is -0.497 e. The zero-order valence-electron chi connectivity index (χ0n) is 9.20. The normalized spacial score (nSPS) is 13.1. The van der Waals surface area contributed by atoms with Gasteiger partial charge in [0.2, 0.25) is 0 Å². The first-order valence-corrected chi connectivity index (χ1v) is 4.96. The lowest BCUT2D eigenvalue weighted by Crippen LogP contribution is -2.04. The van der Waals surface area contributed by atoms with Crippen molar-refractivity contribution in [1.29, 1.82) is 0 Å². The number of furan rings is 1. The Kier molecular flexibility index (Phi) is 2.40. The van der Waals surface area contributed by atoms with Crippen LogP contribution in [0.25, 0.3) is 11.0 Å². The summed E-state index contributed by atoms with van der Waals surface area (Å²) in [5.41, 5.74) is 7.78. The fraction of sp³-hybridized carbons (Fsp3) is 0.333. The van der Waals surface area contributed by atoms with Gasteiger partial charge in [0, 0.05) is 10.9 Å². The number of benzene rings is 1. The fourth-order valence-electron chi connectivity index (χ4n) is 1.78. The lowest BCUT2D eigenvalue weighted by Gasteiger charge is -2.00. The molecule has 2 N–H and O–H groups in total. The Morgan fingerprint density at radius 1 is 1.40 bits per heavy atom. The summed E-state index contributed by atoms with van der Waals surface area (Å²) < 4.78 is 10.9. The Morgan fingerprint density at radius 3 is 2.73 bits per heavy atom. The molecule has 3 heteroatoms. The molecule has 0 radical (unpaired) electrons. The predicted molar refractivity (Wildman–Crippen MR) is 60.1 cm³/mol. The molecule has 1 aromatic carbocycles. The molecule has 80 valence electrons. The zero-order chi connectivity index (χ0) is 11.0. The largest absolute Gasteiger partial charge is 0.497 e. The van der Waals surface area contributed by atoms with E-state index in [0.29, 0.717) is 0 Å². The highest BCUT2D eigenvalue weighted by molar-refractivity contribution is 5.83. The van der Waals surface area contributed by atoms with Gasteiger partial charge in [-0.25, -0.2) is 0 Å². The molecular formula is C12H15NO2. The van der Waals surface area contributed by atoms with Crippen LogP contribution in [0.5, 0.6) is 5.75 Å². The summed E-state index contributed by atoms with van der Waals surface area (Å²) >= 11 is 0. The predicted octanol–water partition coefficient (Wildman–Crippen LogP) is 2.77. The monoisotopic (exact) mass is 205 g/mol. The van der Waals surface area contributed by atoms with Gasteiger partial charge < -0.3 is 14.9 Å². The SMILES string of the molecule is COc1ccc2oc([C@H](C)N)c(C)c2c1. The fourth-order valence-corrected chi connectivity index (χ4v) is 1.78. The van der Waals surface area contributed by atoms with Crippen molar-refractivity contribution in [3.05, 3.63) is 29.5 Å². The Hall–Kier alpha value is -1.48. The Labute approximate surface area is 88.8 Å². The molecule has 1 atom stereocenters. The van der Waals surface area contributed by atoms with Gasteiger partial charge in [0.1, 0.15) is 17.1 Å². The highest BCUT2D eigenvalue weighted by Gasteiger charge is 2.13. The first-order chi connectivity index (χ1) is 7.13. The quantitative estimate of drug-likeness (QED) is 0.820.